The van der Waals surface area contributed by atoms with Crippen molar-refractivity contribution >= 4 is 5.91 Å². The van der Waals surface area contributed by atoms with Crippen LogP contribution in [-0.4, -0.2) is 56.6 Å². The normalized spacial score (nSPS) is 21.9. The molecule has 7 heteroatoms. The van der Waals surface area contributed by atoms with Gasteiger partial charge in [-0.2, -0.15) is 10.2 Å². The molecule has 3 heterocycles. The summed E-state index contributed by atoms with van der Waals surface area (Å²) >= 11 is 0. The highest BCUT2D eigenvalue weighted by Crippen LogP contribution is 2.25. The summed E-state index contributed by atoms with van der Waals surface area (Å²) < 4.78 is 7.32. The van der Waals surface area contributed by atoms with Gasteiger partial charge >= 0.3 is 0 Å². The van der Waals surface area contributed by atoms with Gasteiger partial charge in [-0.3, -0.25) is 14.6 Å². The zero-order valence-electron chi connectivity index (χ0n) is 12.2. The number of aromatic nitrogens is 4. The summed E-state index contributed by atoms with van der Waals surface area (Å²) in [4.78, 5) is 14.4. The number of aryl methyl sites for hydroxylation is 1. The first-order valence-corrected chi connectivity index (χ1v) is 6.99. The minimum atomic E-state index is -0.0269. The second kappa shape index (κ2) is 5.69. The molecule has 112 valence electrons. The molecule has 0 saturated carbocycles. The molecule has 0 aliphatic carbocycles. The molecular formula is C14H19N5O2. The van der Waals surface area contributed by atoms with Crippen LogP contribution in [0.25, 0.3) is 0 Å². The Hall–Kier alpha value is -2.15. The van der Waals surface area contributed by atoms with Gasteiger partial charge in [-0.05, 0) is 24.5 Å². The summed E-state index contributed by atoms with van der Waals surface area (Å²) in [5.74, 6) is -0.0269. The SMILES string of the molecule is CO[C@@H]1CCN(C(=O)c2ccn[nH]2)[C@H]1Cc1cnn(C)c1. The molecule has 7 nitrogen and oxygen atoms in total. The van der Waals surface area contributed by atoms with Gasteiger partial charge in [0.15, 0.2) is 0 Å². The molecule has 0 bridgehead atoms. The first kappa shape index (κ1) is 13.8. The molecule has 2 atom stereocenters. The Balaban J connectivity index is 1.80. The summed E-state index contributed by atoms with van der Waals surface area (Å²) in [6.07, 6.45) is 7.05. The maximum atomic E-state index is 12.6. The largest absolute Gasteiger partial charge is 0.379 e. The first-order chi connectivity index (χ1) is 10.2. The Labute approximate surface area is 122 Å². The van der Waals surface area contributed by atoms with E-state index in [0.717, 1.165) is 18.4 Å². The van der Waals surface area contributed by atoms with Gasteiger partial charge in [-0.25, -0.2) is 0 Å². The number of rotatable bonds is 4. The van der Waals surface area contributed by atoms with Crippen LogP contribution in [-0.2, 0) is 18.2 Å². The van der Waals surface area contributed by atoms with E-state index in [0.29, 0.717) is 12.2 Å². The Bertz CT molecular complexity index is 607. The van der Waals surface area contributed by atoms with Gasteiger partial charge in [0.2, 0.25) is 0 Å². The minimum absolute atomic E-state index is 0.0231. The van der Waals surface area contributed by atoms with Gasteiger partial charge in [0.25, 0.3) is 5.91 Å². The van der Waals surface area contributed by atoms with Crippen molar-refractivity contribution in [1.82, 2.24) is 24.9 Å². The number of methoxy groups -OCH3 is 1. The van der Waals surface area contributed by atoms with Gasteiger partial charge in [0.1, 0.15) is 5.69 Å². The molecular weight excluding hydrogens is 270 g/mol. The summed E-state index contributed by atoms with van der Waals surface area (Å²) in [5.41, 5.74) is 1.62. The van der Waals surface area contributed by atoms with Crippen LogP contribution in [0.2, 0.25) is 0 Å². The number of likely N-dealkylation sites (tertiary alicyclic amines) is 1. The van der Waals surface area contributed by atoms with Crippen molar-refractivity contribution in [1.29, 1.82) is 0 Å². The van der Waals surface area contributed by atoms with Crippen LogP contribution >= 0.6 is 0 Å². The molecule has 1 aliphatic heterocycles. The average molecular weight is 289 g/mol. The fourth-order valence-electron chi connectivity index (χ4n) is 2.94. The van der Waals surface area contributed by atoms with E-state index in [9.17, 15) is 4.79 Å². The predicted molar refractivity (Wildman–Crippen MR) is 75.7 cm³/mol. The van der Waals surface area contributed by atoms with E-state index in [1.54, 1.807) is 24.1 Å². The molecule has 0 spiro atoms. The van der Waals surface area contributed by atoms with Crippen molar-refractivity contribution in [2.45, 2.75) is 25.0 Å². The van der Waals surface area contributed by atoms with E-state index in [2.05, 4.69) is 15.3 Å². The second-order valence-electron chi connectivity index (χ2n) is 5.33. The van der Waals surface area contributed by atoms with Crippen molar-refractivity contribution in [2.24, 2.45) is 7.05 Å². The molecule has 1 amide bonds. The maximum absolute atomic E-state index is 12.6. The van der Waals surface area contributed by atoms with Crippen molar-refractivity contribution < 1.29 is 9.53 Å². The monoisotopic (exact) mass is 289 g/mol. The molecule has 1 fully saturated rings. The van der Waals surface area contributed by atoms with Crippen LogP contribution in [0.3, 0.4) is 0 Å². The molecule has 1 N–H and O–H groups in total. The zero-order chi connectivity index (χ0) is 14.8. The van der Waals surface area contributed by atoms with Crippen molar-refractivity contribution in [3.05, 3.63) is 35.9 Å². The van der Waals surface area contributed by atoms with Crippen LogP contribution in [0.4, 0.5) is 0 Å². The lowest BCUT2D eigenvalue weighted by molar-refractivity contribution is 0.0504. The number of carbonyl (C=O) groups excluding carboxylic acids is 1. The van der Waals surface area contributed by atoms with Crippen molar-refractivity contribution in [3.63, 3.8) is 0 Å². The number of amides is 1. The van der Waals surface area contributed by atoms with E-state index in [1.165, 1.54) is 0 Å². The highest BCUT2D eigenvalue weighted by Gasteiger charge is 2.38. The number of nitrogens with one attached hydrogen (secondary N) is 1. The number of nitrogens with zero attached hydrogens (tertiary/aromatic N) is 4. The van der Waals surface area contributed by atoms with E-state index in [-0.39, 0.29) is 18.1 Å². The molecule has 0 unspecified atom stereocenters. The van der Waals surface area contributed by atoms with Crippen LogP contribution < -0.4 is 0 Å². The van der Waals surface area contributed by atoms with Gasteiger partial charge in [0.05, 0.1) is 18.3 Å². The molecule has 0 radical (unpaired) electrons. The van der Waals surface area contributed by atoms with Crippen LogP contribution in [0, 0.1) is 0 Å². The van der Waals surface area contributed by atoms with E-state index in [4.69, 9.17) is 4.74 Å². The first-order valence-electron chi connectivity index (χ1n) is 6.99. The standard InChI is InChI=1S/C14H19N5O2/c1-18-9-10(8-16-18)7-12-13(21-2)4-6-19(12)14(20)11-3-5-15-17-11/h3,5,8-9,12-13H,4,6-7H2,1-2H3,(H,15,17)/t12-,13+/m0/s1. The lowest BCUT2D eigenvalue weighted by Gasteiger charge is -2.27. The number of hydrogen-bond acceptors (Lipinski definition) is 4. The minimum Gasteiger partial charge on any atom is -0.379 e. The Morgan fingerprint density at radius 3 is 3.05 bits per heavy atom. The molecule has 2 aromatic rings. The third-order valence-electron chi connectivity index (χ3n) is 3.98. The molecule has 1 aliphatic rings. The summed E-state index contributed by atoms with van der Waals surface area (Å²) in [7, 11) is 3.59. The fourth-order valence-corrected chi connectivity index (χ4v) is 2.94. The van der Waals surface area contributed by atoms with Crippen molar-refractivity contribution in [3.8, 4) is 0 Å². The number of hydrogen-bond donors (Lipinski definition) is 1. The highest BCUT2D eigenvalue weighted by molar-refractivity contribution is 5.92. The van der Waals surface area contributed by atoms with E-state index in [1.807, 2.05) is 24.3 Å². The van der Waals surface area contributed by atoms with Crippen LogP contribution in [0.15, 0.2) is 24.7 Å². The quantitative estimate of drug-likeness (QED) is 0.895. The maximum Gasteiger partial charge on any atom is 0.272 e. The molecule has 1 saturated heterocycles. The van der Waals surface area contributed by atoms with Crippen LogP contribution in [0.1, 0.15) is 22.5 Å². The van der Waals surface area contributed by atoms with Gasteiger partial charge < -0.3 is 9.64 Å². The van der Waals surface area contributed by atoms with Gasteiger partial charge in [-0.1, -0.05) is 0 Å². The number of aromatic amines is 1. The van der Waals surface area contributed by atoms with Gasteiger partial charge in [0, 0.05) is 33.1 Å². The van der Waals surface area contributed by atoms with Crippen molar-refractivity contribution in [2.75, 3.05) is 13.7 Å². The van der Waals surface area contributed by atoms with Crippen LogP contribution in [0.5, 0.6) is 0 Å². The Kier molecular flexibility index (Phi) is 3.74. The average Bonchev–Trinajstić information content (AvgIpc) is 3.19. The number of carbonyl (C=O) groups is 1. The molecule has 3 rings (SSSR count). The number of H-pyrrole nitrogens is 1. The third-order valence-corrected chi connectivity index (χ3v) is 3.98. The van der Waals surface area contributed by atoms with E-state index < -0.39 is 0 Å². The number of ether oxygens (including phenoxy) is 1. The predicted octanol–water partition coefficient (Wildman–Crippen LogP) is 0.615. The fraction of sp³-hybridized carbons (Fsp3) is 0.500. The smallest absolute Gasteiger partial charge is 0.272 e. The Morgan fingerprint density at radius 1 is 1.57 bits per heavy atom. The van der Waals surface area contributed by atoms with E-state index >= 15 is 0 Å². The van der Waals surface area contributed by atoms with Gasteiger partial charge in [-0.15, -0.1) is 0 Å². The zero-order valence-corrected chi connectivity index (χ0v) is 12.2. The molecule has 2 aromatic heterocycles. The second-order valence-corrected chi connectivity index (χ2v) is 5.33. The summed E-state index contributed by atoms with van der Waals surface area (Å²) in [6.45, 7) is 0.696. The Morgan fingerprint density at radius 2 is 2.43 bits per heavy atom. The topological polar surface area (TPSA) is 76.0 Å². The summed E-state index contributed by atoms with van der Waals surface area (Å²) in [6, 6.07) is 1.72. The summed E-state index contributed by atoms with van der Waals surface area (Å²) in [5, 5.41) is 10.8. The molecule has 21 heavy (non-hydrogen) atoms. The lowest BCUT2D eigenvalue weighted by atomic mass is 10.0. The highest BCUT2D eigenvalue weighted by atomic mass is 16.5. The third kappa shape index (κ3) is 2.69. The lowest BCUT2D eigenvalue weighted by Crippen LogP contribution is -2.41. The molecule has 0 aromatic carbocycles.